The third kappa shape index (κ3) is 4.28. The van der Waals surface area contributed by atoms with Crippen molar-refractivity contribution in [2.24, 2.45) is 0 Å². The zero-order valence-electron chi connectivity index (χ0n) is 16.7. The maximum absolute atomic E-state index is 12.3. The van der Waals surface area contributed by atoms with Crippen molar-refractivity contribution >= 4 is 34.1 Å². The van der Waals surface area contributed by atoms with E-state index in [0.29, 0.717) is 22.0 Å². The molecule has 2 amide bonds. The maximum Gasteiger partial charge on any atom is 0.320 e. The molecule has 0 aliphatic heterocycles. The Balaban J connectivity index is 1.56. The molecule has 3 N–H and O–H groups in total. The van der Waals surface area contributed by atoms with E-state index in [0.717, 1.165) is 22.0 Å². The highest BCUT2D eigenvalue weighted by Crippen LogP contribution is 2.31. The summed E-state index contributed by atoms with van der Waals surface area (Å²) < 4.78 is 0. The van der Waals surface area contributed by atoms with Crippen LogP contribution in [0.3, 0.4) is 0 Å². The summed E-state index contributed by atoms with van der Waals surface area (Å²) in [6, 6.07) is 15.8. The van der Waals surface area contributed by atoms with Gasteiger partial charge in [0.1, 0.15) is 5.82 Å². The van der Waals surface area contributed by atoms with E-state index in [1.807, 2.05) is 30.3 Å². The Kier molecular flexibility index (Phi) is 6.09. The molecule has 0 aliphatic carbocycles. The number of carbonyl (C=O) groups is 1. The minimum absolute atomic E-state index is 0.293. The highest BCUT2D eigenvalue weighted by molar-refractivity contribution is 7.10. The first-order chi connectivity index (χ1) is 15.6. The Morgan fingerprint density at radius 2 is 2.03 bits per heavy atom. The molecule has 0 bridgehead atoms. The number of nitrogens with zero attached hydrogens (tertiary/aromatic N) is 3. The van der Waals surface area contributed by atoms with Crippen molar-refractivity contribution < 1.29 is 9.90 Å². The molecular weight excluding hydrogens is 422 g/mol. The summed E-state index contributed by atoms with van der Waals surface area (Å²) >= 11 is 1.25. The molecule has 0 radical (unpaired) electrons. The van der Waals surface area contributed by atoms with Crippen molar-refractivity contribution in [3.05, 3.63) is 76.2 Å². The number of nitriles is 1. The Morgan fingerprint density at radius 3 is 2.72 bits per heavy atom. The van der Waals surface area contributed by atoms with Gasteiger partial charge < -0.3 is 10.4 Å². The van der Waals surface area contributed by atoms with Crippen LogP contribution in [0.25, 0.3) is 22.0 Å². The van der Waals surface area contributed by atoms with Crippen molar-refractivity contribution in [2.75, 3.05) is 11.9 Å². The van der Waals surface area contributed by atoms with E-state index >= 15 is 0 Å². The van der Waals surface area contributed by atoms with Gasteiger partial charge in [-0.3, -0.25) is 10.3 Å². The molecule has 0 fully saturated rings. The molecule has 4 aromatic rings. The Morgan fingerprint density at radius 1 is 1.22 bits per heavy atom. The van der Waals surface area contributed by atoms with Crippen molar-refractivity contribution in [3.8, 4) is 29.5 Å². The highest BCUT2D eigenvalue weighted by Gasteiger charge is 2.16. The lowest BCUT2D eigenvalue weighted by molar-refractivity contribution is 0.225. The summed E-state index contributed by atoms with van der Waals surface area (Å²) in [4.78, 5) is 20.8. The molecule has 2 aromatic heterocycles. The fraction of sp³-hybridized carbons (Fsp3) is 0.0833. The molecule has 7 nitrogen and oxygen atoms in total. The normalized spacial score (nSPS) is 11.3. The number of nitrogens with one attached hydrogen (secondary N) is 2. The summed E-state index contributed by atoms with van der Waals surface area (Å²) in [6.45, 7) is -0.293. The first kappa shape index (κ1) is 21.0. The lowest BCUT2D eigenvalue weighted by Gasteiger charge is -2.17. The van der Waals surface area contributed by atoms with Crippen molar-refractivity contribution in [2.45, 2.75) is 6.04 Å². The minimum atomic E-state index is -0.629. The molecule has 8 heteroatoms. The van der Waals surface area contributed by atoms with Gasteiger partial charge >= 0.3 is 6.03 Å². The minimum Gasteiger partial charge on any atom is -0.394 e. The smallest absolute Gasteiger partial charge is 0.320 e. The predicted octanol–water partition coefficient (Wildman–Crippen LogP) is 4.07. The fourth-order valence-corrected chi connectivity index (χ4v) is 3.91. The number of aliphatic hydroxyl groups is 1. The largest absolute Gasteiger partial charge is 0.394 e. The van der Waals surface area contributed by atoms with E-state index in [-0.39, 0.29) is 6.61 Å². The molecule has 4 rings (SSSR count). The first-order valence-electron chi connectivity index (χ1n) is 9.61. The van der Waals surface area contributed by atoms with Gasteiger partial charge in [-0.1, -0.05) is 36.4 Å². The average Bonchev–Trinajstić information content (AvgIpc) is 3.29. The molecule has 0 spiro atoms. The number of anilines is 1. The van der Waals surface area contributed by atoms with Crippen molar-refractivity contribution in [1.29, 1.82) is 5.26 Å². The van der Waals surface area contributed by atoms with Gasteiger partial charge in [-0.05, 0) is 29.2 Å². The van der Waals surface area contributed by atoms with Crippen LogP contribution in [0.1, 0.15) is 22.2 Å². The van der Waals surface area contributed by atoms with Crippen LogP contribution < -0.4 is 10.6 Å². The summed E-state index contributed by atoms with van der Waals surface area (Å²) in [5.41, 5.74) is 3.54. The number of hydrogen-bond donors (Lipinski definition) is 3. The van der Waals surface area contributed by atoms with E-state index in [1.54, 1.807) is 29.8 Å². The van der Waals surface area contributed by atoms with Crippen LogP contribution in [0.15, 0.2) is 60.1 Å². The molecule has 0 aliphatic rings. The number of fused-ring (bicyclic) bond motifs is 1. The SMILES string of the molecule is C#Cc1nc(NC(=O)N[C@@H](CO)c2ccc(-c3c(C#N)ccc4cccnc34)cc2)cs1. The molecule has 2 aromatic carbocycles. The Labute approximate surface area is 188 Å². The number of rotatable bonds is 5. The lowest BCUT2D eigenvalue weighted by Crippen LogP contribution is -2.34. The molecule has 0 saturated heterocycles. The molecule has 32 heavy (non-hydrogen) atoms. The third-order valence-corrected chi connectivity index (χ3v) is 5.63. The lowest BCUT2D eigenvalue weighted by atomic mass is 9.95. The number of urea groups is 1. The van der Waals surface area contributed by atoms with Gasteiger partial charge in [0.15, 0.2) is 5.01 Å². The molecule has 0 unspecified atom stereocenters. The standard InChI is InChI=1S/C24H17N5O2S/c1-2-21-28-20(14-32-21)29-24(31)27-19(13-30)15-5-7-16(8-6-15)22-18(12-25)10-9-17-4-3-11-26-23(17)22/h1,3-11,14,19,30H,13H2,(H2,27,29,31)/t19-/m0/s1. The monoisotopic (exact) mass is 439 g/mol. The molecule has 156 valence electrons. The Bertz CT molecular complexity index is 1370. The average molecular weight is 440 g/mol. The van der Waals surface area contributed by atoms with Crippen LogP contribution in [0.5, 0.6) is 0 Å². The number of aromatic nitrogens is 2. The van der Waals surface area contributed by atoms with E-state index in [2.05, 4.69) is 32.6 Å². The first-order valence-corrected chi connectivity index (χ1v) is 10.5. The van der Waals surface area contributed by atoms with Crippen LogP contribution in [-0.4, -0.2) is 27.7 Å². The fourth-order valence-electron chi connectivity index (χ4n) is 3.36. The third-order valence-electron chi connectivity index (χ3n) is 4.85. The number of benzene rings is 2. The number of terminal acetylenes is 1. The van der Waals surface area contributed by atoms with Gasteiger partial charge in [-0.25, -0.2) is 9.78 Å². The van der Waals surface area contributed by atoms with Crippen LogP contribution >= 0.6 is 11.3 Å². The second kappa shape index (κ2) is 9.27. The van der Waals surface area contributed by atoms with Crippen LogP contribution in [-0.2, 0) is 0 Å². The zero-order valence-corrected chi connectivity index (χ0v) is 17.6. The van der Waals surface area contributed by atoms with E-state index in [1.165, 1.54) is 11.3 Å². The van der Waals surface area contributed by atoms with E-state index in [4.69, 9.17) is 6.42 Å². The topological polar surface area (TPSA) is 111 Å². The molecule has 1 atom stereocenters. The van der Waals surface area contributed by atoms with Gasteiger partial charge in [-0.2, -0.15) is 5.26 Å². The quantitative estimate of drug-likeness (QED) is 0.406. The molecule has 0 saturated carbocycles. The second-order valence-corrected chi connectivity index (χ2v) is 7.67. The van der Waals surface area contributed by atoms with E-state index < -0.39 is 12.1 Å². The highest BCUT2D eigenvalue weighted by atomic mass is 32.1. The number of aliphatic hydroxyl groups excluding tert-OH is 1. The predicted molar refractivity (Wildman–Crippen MR) is 124 cm³/mol. The number of carbonyl (C=O) groups excluding carboxylic acids is 1. The number of pyridine rings is 1. The van der Waals surface area contributed by atoms with Gasteiger partial charge in [-0.15, -0.1) is 17.8 Å². The zero-order chi connectivity index (χ0) is 22.5. The van der Waals surface area contributed by atoms with Gasteiger partial charge in [0.05, 0.1) is 29.8 Å². The number of hydrogen-bond acceptors (Lipinski definition) is 6. The van der Waals surface area contributed by atoms with Crippen LogP contribution in [0.4, 0.5) is 10.6 Å². The summed E-state index contributed by atoms with van der Waals surface area (Å²) in [5.74, 6) is 2.75. The number of amides is 2. The van der Waals surface area contributed by atoms with Crippen LogP contribution in [0, 0.1) is 23.7 Å². The second-order valence-electron chi connectivity index (χ2n) is 6.81. The molecule has 2 heterocycles. The van der Waals surface area contributed by atoms with Crippen molar-refractivity contribution in [3.63, 3.8) is 0 Å². The number of thiazole rings is 1. The molecular formula is C24H17N5O2S. The van der Waals surface area contributed by atoms with Gasteiger partial charge in [0.25, 0.3) is 0 Å². The summed E-state index contributed by atoms with van der Waals surface area (Å²) in [5, 5.41) is 27.8. The van der Waals surface area contributed by atoms with Gasteiger partial charge in [0.2, 0.25) is 0 Å². The van der Waals surface area contributed by atoms with E-state index in [9.17, 15) is 15.2 Å². The summed E-state index contributed by atoms with van der Waals surface area (Å²) in [7, 11) is 0. The van der Waals surface area contributed by atoms with Gasteiger partial charge in [0, 0.05) is 22.5 Å². The maximum atomic E-state index is 12.3. The summed E-state index contributed by atoms with van der Waals surface area (Å²) in [6.07, 6.45) is 6.99. The van der Waals surface area contributed by atoms with Crippen molar-refractivity contribution in [1.82, 2.24) is 15.3 Å². The van der Waals surface area contributed by atoms with Crippen LogP contribution in [0.2, 0.25) is 0 Å². The Hall–Kier alpha value is -4.24.